The number of nitrogens with one attached hydrogen (secondary N) is 1. The van der Waals surface area contributed by atoms with Crippen LogP contribution in [0.15, 0.2) is 36.0 Å². The fraction of sp³-hybridized carbons (Fsp3) is 0.333. The number of allylic oxidation sites excluding steroid dienone is 3. The molecule has 0 spiro atoms. The Labute approximate surface area is 123 Å². The van der Waals surface area contributed by atoms with Crippen LogP contribution >= 0.6 is 0 Å². The van der Waals surface area contributed by atoms with Gasteiger partial charge in [-0.05, 0) is 13.3 Å². The van der Waals surface area contributed by atoms with Crippen LogP contribution in [-0.4, -0.2) is 42.0 Å². The second-order valence-electron chi connectivity index (χ2n) is 4.57. The fourth-order valence-electron chi connectivity index (χ4n) is 2.08. The van der Waals surface area contributed by atoms with Crippen molar-refractivity contribution in [2.24, 2.45) is 0 Å². The van der Waals surface area contributed by atoms with E-state index in [0.29, 0.717) is 6.29 Å². The van der Waals surface area contributed by atoms with Crippen molar-refractivity contribution in [3.05, 3.63) is 36.0 Å². The fourth-order valence-corrected chi connectivity index (χ4v) is 2.08. The molecule has 21 heavy (non-hydrogen) atoms. The van der Waals surface area contributed by atoms with Gasteiger partial charge in [0.1, 0.15) is 6.04 Å². The van der Waals surface area contributed by atoms with E-state index in [9.17, 15) is 19.2 Å². The zero-order chi connectivity index (χ0) is 16.0. The molecule has 0 bridgehead atoms. The van der Waals surface area contributed by atoms with Crippen molar-refractivity contribution in [3.8, 4) is 0 Å². The Bertz CT molecular complexity index is 546. The predicted molar refractivity (Wildman–Crippen MR) is 77.0 cm³/mol. The Kier molecular flexibility index (Phi) is 5.78. The summed E-state index contributed by atoms with van der Waals surface area (Å²) in [7, 11) is 1.46. The molecule has 112 valence electrons. The summed E-state index contributed by atoms with van der Waals surface area (Å²) < 4.78 is 0. The lowest BCUT2D eigenvalue weighted by Crippen LogP contribution is -2.53. The van der Waals surface area contributed by atoms with Gasteiger partial charge >= 0.3 is 0 Å². The monoisotopic (exact) mass is 290 g/mol. The average Bonchev–Trinajstić information content (AvgIpc) is 2.46. The van der Waals surface area contributed by atoms with Gasteiger partial charge in [0, 0.05) is 24.6 Å². The highest BCUT2D eigenvalue weighted by Crippen LogP contribution is 2.16. The van der Waals surface area contributed by atoms with Crippen LogP contribution in [0.4, 0.5) is 0 Å². The minimum Gasteiger partial charge on any atom is -0.330 e. The molecule has 0 saturated carbocycles. The molecule has 3 amide bonds. The number of likely N-dealkylation sites (N-methyl/N-ethyl adjacent to an activating group) is 1. The van der Waals surface area contributed by atoms with Gasteiger partial charge < -0.3 is 4.90 Å². The molecular formula is C15H18N2O4. The highest BCUT2D eigenvalue weighted by atomic mass is 16.2. The number of piperidine rings is 1. The summed E-state index contributed by atoms with van der Waals surface area (Å²) in [6.45, 7) is 5.26. The molecule has 1 fully saturated rings. The van der Waals surface area contributed by atoms with Crippen LogP contribution in [0, 0.1) is 0 Å². The number of carbonyl (C=O) groups excluding carboxylic acids is 4. The topological polar surface area (TPSA) is 83.6 Å². The van der Waals surface area contributed by atoms with E-state index < -0.39 is 17.9 Å². The smallest absolute Gasteiger partial charge is 0.254 e. The molecule has 1 rings (SSSR count). The Morgan fingerprint density at radius 2 is 2.10 bits per heavy atom. The van der Waals surface area contributed by atoms with Crippen LogP contribution in [0.2, 0.25) is 0 Å². The molecular weight excluding hydrogens is 272 g/mol. The van der Waals surface area contributed by atoms with E-state index in [4.69, 9.17) is 0 Å². The van der Waals surface area contributed by atoms with E-state index in [-0.39, 0.29) is 29.9 Å². The number of amides is 3. The summed E-state index contributed by atoms with van der Waals surface area (Å²) in [6.07, 6.45) is 5.42. The third-order valence-electron chi connectivity index (χ3n) is 3.22. The van der Waals surface area contributed by atoms with Crippen LogP contribution < -0.4 is 5.32 Å². The van der Waals surface area contributed by atoms with Crippen molar-refractivity contribution in [1.82, 2.24) is 10.2 Å². The standard InChI is InChI=1S/C15H18N2O4/c1-4-6-10(9-18)11(5-2)15(21)17(3)12-7-8-13(19)16-14(12)20/h4-6,9,12H,2,7-8H2,1,3H3,(H,16,19,20)/b6-4-,11-10-. The second kappa shape index (κ2) is 7.33. The van der Waals surface area contributed by atoms with Crippen molar-refractivity contribution in [2.75, 3.05) is 7.05 Å². The molecule has 1 saturated heterocycles. The quantitative estimate of drug-likeness (QED) is 0.346. The highest BCUT2D eigenvalue weighted by Gasteiger charge is 2.33. The van der Waals surface area contributed by atoms with E-state index >= 15 is 0 Å². The van der Waals surface area contributed by atoms with Crippen molar-refractivity contribution >= 4 is 24.0 Å². The average molecular weight is 290 g/mol. The van der Waals surface area contributed by atoms with Gasteiger partial charge in [-0.15, -0.1) is 0 Å². The van der Waals surface area contributed by atoms with Crippen LogP contribution in [0.1, 0.15) is 19.8 Å². The van der Waals surface area contributed by atoms with Crippen molar-refractivity contribution < 1.29 is 19.2 Å². The van der Waals surface area contributed by atoms with Gasteiger partial charge in [-0.1, -0.05) is 24.8 Å². The minimum absolute atomic E-state index is 0.121. The van der Waals surface area contributed by atoms with E-state index in [1.54, 1.807) is 13.0 Å². The number of hydrogen-bond donors (Lipinski definition) is 1. The normalized spacial score (nSPS) is 19.8. The first kappa shape index (κ1) is 16.6. The zero-order valence-electron chi connectivity index (χ0n) is 12.1. The van der Waals surface area contributed by atoms with Crippen LogP contribution in [0.25, 0.3) is 0 Å². The molecule has 1 N–H and O–H groups in total. The molecule has 1 unspecified atom stereocenters. The minimum atomic E-state index is -0.733. The molecule has 0 radical (unpaired) electrons. The van der Waals surface area contributed by atoms with E-state index in [1.165, 1.54) is 24.1 Å². The molecule has 1 aliphatic rings. The number of imide groups is 1. The lowest BCUT2D eigenvalue weighted by Gasteiger charge is -2.30. The largest absolute Gasteiger partial charge is 0.330 e. The molecule has 1 atom stereocenters. The maximum Gasteiger partial charge on any atom is 0.254 e. The molecule has 0 aromatic carbocycles. The van der Waals surface area contributed by atoms with Gasteiger partial charge in [0.2, 0.25) is 11.8 Å². The van der Waals surface area contributed by atoms with E-state index in [2.05, 4.69) is 11.9 Å². The van der Waals surface area contributed by atoms with Gasteiger partial charge in [-0.2, -0.15) is 0 Å². The lowest BCUT2D eigenvalue weighted by molar-refractivity contribution is -0.142. The van der Waals surface area contributed by atoms with Crippen LogP contribution in [-0.2, 0) is 19.2 Å². The lowest BCUT2D eigenvalue weighted by atomic mass is 10.0. The first-order valence-corrected chi connectivity index (χ1v) is 6.51. The van der Waals surface area contributed by atoms with Crippen LogP contribution in [0.3, 0.4) is 0 Å². The summed E-state index contributed by atoms with van der Waals surface area (Å²) in [5.41, 5.74) is 0.312. The number of nitrogens with zero attached hydrogens (tertiary/aromatic N) is 1. The zero-order valence-corrected chi connectivity index (χ0v) is 12.1. The summed E-state index contributed by atoms with van der Waals surface area (Å²) in [6, 6.07) is -0.733. The molecule has 6 nitrogen and oxygen atoms in total. The number of aldehydes is 1. The molecule has 0 aromatic heterocycles. The predicted octanol–water partition coefficient (Wildman–Crippen LogP) is 0.508. The van der Waals surface area contributed by atoms with Gasteiger partial charge in [0.25, 0.3) is 5.91 Å². The molecule has 0 aromatic rings. The molecule has 1 heterocycles. The molecule has 1 aliphatic heterocycles. The molecule has 0 aliphatic carbocycles. The Morgan fingerprint density at radius 3 is 2.57 bits per heavy atom. The number of carbonyl (C=O) groups is 4. The van der Waals surface area contributed by atoms with E-state index in [0.717, 1.165) is 0 Å². The Balaban J connectivity index is 3.05. The second-order valence-corrected chi connectivity index (χ2v) is 4.57. The van der Waals surface area contributed by atoms with E-state index in [1.807, 2.05) is 0 Å². The third kappa shape index (κ3) is 3.75. The first-order valence-electron chi connectivity index (χ1n) is 6.51. The van der Waals surface area contributed by atoms with Crippen LogP contribution in [0.5, 0.6) is 0 Å². The summed E-state index contributed by atoms with van der Waals surface area (Å²) in [5.74, 6) is -1.34. The maximum absolute atomic E-state index is 12.4. The highest BCUT2D eigenvalue weighted by molar-refractivity contribution is 6.06. The van der Waals surface area contributed by atoms with Crippen molar-refractivity contribution in [1.29, 1.82) is 0 Å². The SMILES string of the molecule is C=C/C(C(=O)N(C)C1CCC(=O)NC1=O)=C(C=O)\C=C/C. The third-order valence-corrected chi connectivity index (χ3v) is 3.22. The number of hydrogen-bond acceptors (Lipinski definition) is 4. The first-order chi connectivity index (χ1) is 9.96. The van der Waals surface area contributed by atoms with Crippen molar-refractivity contribution in [2.45, 2.75) is 25.8 Å². The van der Waals surface area contributed by atoms with Gasteiger partial charge in [0.05, 0.1) is 0 Å². The molecule has 6 heteroatoms. The van der Waals surface area contributed by atoms with Gasteiger partial charge in [-0.25, -0.2) is 0 Å². The number of rotatable bonds is 5. The Morgan fingerprint density at radius 1 is 1.43 bits per heavy atom. The summed E-state index contributed by atoms with van der Waals surface area (Å²) in [5, 5.41) is 2.19. The Hall–Kier alpha value is -2.50. The van der Waals surface area contributed by atoms with Gasteiger partial charge in [0.15, 0.2) is 6.29 Å². The van der Waals surface area contributed by atoms with Gasteiger partial charge in [-0.3, -0.25) is 24.5 Å². The van der Waals surface area contributed by atoms with Crippen molar-refractivity contribution in [3.63, 3.8) is 0 Å². The summed E-state index contributed by atoms with van der Waals surface area (Å²) >= 11 is 0. The summed E-state index contributed by atoms with van der Waals surface area (Å²) in [4.78, 5) is 47.6. The maximum atomic E-state index is 12.4.